The van der Waals surface area contributed by atoms with Gasteiger partial charge < -0.3 is 10.1 Å². The average Bonchev–Trinajstić information content (AvgIpc) is 3.11. The second kappa shape index (κ2) is 13.0. The number of thioether (sulfide) groups is 1. The Hall–Kier alpha value is -2.97. The Morgan fingerprint density at radius 3 is 2.32 bits per heavy atom. The number of nitrogens with one attached hydrogen (secondary N) is 1. The molecular formula is C29H34N2O4S2. The molecule has 1 aliphatic heterocycles. The number of anilines is 1. The fourth-order valence-corrected chi connectivity index (χ4v) is 5.09. The Bertz CT molecular complexity index is 1170. The van der Waals surface area contributed by atoms with Gasteiger partial charge in [0.05, 0.1) is 17.1 Å². The third kappa shape index (κ3) is 8.27. The lowest BCUT2D eigenvalue weighted by atomic mass is 9.87. The van der Waals surface area contributed by atoms with Crippen LogP contribution in [0.1, 0.15) is 74.9 Å². The minimum atomic E-state index is -0.382. The molecule has 1 fully saturated rings. The molecule has 0 aliphatic carbocycles. The summed E-state index contributed by atoms with van der Waals surface area (Å²) in [6.07, 6.45) is 4.55. The second-order valence-corrected chi connectivity index (χ2v) is 11.5. The number of unbranched alkanes of at least 4 members (excludes halogenated alkanes) is 2. The Morgan fingerprint density at radius 2 is 1.70 bits per heavy atom. The van der Waals surface area contributed by atoms with Crippen LogP contribution in [0.5, 0.6) is 0 Å². The molecule has 196 valence electrons. The molecule has 1 aliphatic rings. The first kappa shape index (κ1) is 28.6. The van der Waals surface area contributed by atoms with Crippen LogP contribution in [0.4, 0.5) is 5.69 Å². The number of benzene rings is 2. The summed E-state index contributed by atoms with van der Waals surface area (Å²) in [6.45, 7) is 9.14. The highest BCUT2D eigenvalue weighted by Gasteiger charge is 2.31. The van der Waals surface area contributed by atoms with Gasteiger partial charge in [-0.3, -0.25) is 14.5 Å². The molecule has 2 aromatic carbocycles. The molecule has 2 aromatic rings. The molecule has 0 bridgehead atoms. The van der Waals surface area contributed by atoms with Crippen LogP contribution in [0.25, 0.3) is 6.08 Å². The van der Waals surface area contributed by atoms with Crippen LogP contribution >= 0.6 is 24.0 Å². The SMILES string of the molecule is CCOC(=O)c1ccc(NC(=O)CCCCCN2C(=O)/C(=C/c3ccc(C(C)(C)C)cc3)SC2=S)cc1. The summed E-state index contributed by atoms with van der Waals surface area (Å²) >= 11 is 6.78. The predicted octanol–water partition coefficient (Wildman–Crippen LogP) is 6.56. The molecule has 0 radical (unpaired) electrons. The van der Waals surface area contributed by atoms with Crippen LogP contribution < -0.4 is 5.32 Å². The highest BCUT2D eigenvalue weighted by molar-refractivity contribution is 8.26. The van der Waals surface area contributed by atoms with Gasteiger partial charge in [0.25, 0.3) is 5.91 Å². The fourth-order valence-electron chi connectivity index (χ4n) is 3.78. The lowest BCUT2D eigenvalue weighted by Gasteiger charge is -2.18. The standard InChI is InChI=1S/C29H34N2O4S2/c1-5-35-27(34)21-12-16-23(17-13-21)30-25(32)9-7-6-8-18-31-26(33)24(37-28(31)36)19-20-10-14-22(15-11-20)29(2,3)4/h10-17,19H,5-9,18H2,1-4H3,(H,30,32)/b24-19-. The van der Waals surface area contributed by atoms with E-state index in [1.165, 1.54) is 17.3 Å². The van der Waals surface area contributed by atoms with E-state index in [2.05, 4.69) is 38.2 Å². The molecule has 1 saturated heterocycles. The summed E-state index contributed by atoms with van der Waals surface area (Å²) in [5.74, 6) is -0.527. The van der Waals surface area contributed by atoms with E-state index in [1.807, 2.05) is 18.2 Å². The molecule has 0 spiro atoms. The number of hydrogen-bond acceptors (Lipinski definition) is 6. The van der Waals surface area contributed by atoms with Crippen molar-refractivity contribution in [3.63, 3.8) is 0 Å². The van der Waals surface area contributed by atoms with E-state index in [0.717, 1.165) is 18.4 Å². The van der Waals surface area contributed by atoms with E-state index in [9.17, 15) is 14.4 Å². The van der Waals surface area contributed by atoms with E-state index in [0.29, 0.717) is 46.5 Å². The first-order valence-electron chi connectivity index (χ1n) is 12.5. The second-order valence-electron chi connectivity index (χ2n) is 9.86. The Morgan fingerprint density at radius 1 is 1.03 bits per heavy atom. The maximum absolute atomic E-state index is 12.9. The van der Waals surface area contributed by atoms with Crippen molar-refractivity contribution in [2.75, 3.05) is 18.5 Å². The van der Waals surface area contributed by atoms with Gasteiger partial charge in [-0.05, 0) is 66.6 Å². The molecule has 37 heavy (non-hydrogen) atoms. The highest BCUT2D eigenvalue weighted by Crippen LogP contribution is 2.33. The van der Waals surface area contributed by atoms with E-state index in [-0.39, 0.29) is 23.2 Å². The lowest BCUT2D eigenvalue weighted by molar-refractivity contribution is -0.122. The topological polar surface area (TPSA) is 75.7 Å². The van der Waals surface area contributed by atoms with Crippen LogP contribution in [0, 0.1) is 0 Å². The van der Waals surface area contributed by atoms with Gasteiger partial charge in [0.15, 0.2) is 0 Å². The maximum atomic E-state index is 12.9. The number of amides is 2. The Balaban J connectivity index is 1.41. The van der Waals surface area contributed by atoms with Gasteiger partial charge in [0.1, 0.15) is 4.32 Å². The van der Waals surface area contributed by atoms with Gasteiger partial charge in [-0.1, -0.05) is 75.4 Å². The van der Waals surface area contributed by atoms with Crippen molar-refractivity contribution in [2.24, 2.45) is 0 Å². The normalized spacial score (nSPS) is 14.8. The van der Waals surface area contributed by atoms with E-state index >= 15 is 0 Å². The molecular weight excluding hydrogens is 504 g/mol. The summed E-state index contributed by atoms with van der Waals surface area (Å²) in [7, 11) is 0. The van der Waals surface area contributed by atoms with E-state index in [1.54, 1.807) is 36.1 Å². The van der Waals surface area contributed by atoms with Gasteiger partial charge in [-0.25, -0.2) is 4.79 Å². The first-order chi connectivity index (χ1) is 17.6. The fraction of sp³-hybridized carbons (Fsp3) is 0.379. The number of thiocarbonyl (C=S) groups is 1. The summed E-state index contributed by atoms with van der Waals surface area (Å²) < 4.78 is 5.53. The van der Waals surface area contributed by atoms with Crippen LogP contribution in [-0.2, 0) is 19.7 Å². The van der Waals surface area contributed by atoms with Gasteiger partial charge in [0, 0.05) is 18.7 Å². The molecule has 0 atom stereocenters. The lowest BCUT2D eigenvalue weighted by Crippen LogP contribution is -2.29. The van der Waals surface area contributed by atoms with Crippen LogP contribution in [-0.4, -0.2) is 40.2 Å². The van der Waals surface area contributed by atoms with Crippen molar-refractivity contribution in [1.82, 2.24) is 4.90 Å². The van der Waals surface area contributed by atoms with Crippen LogP contribution in [0.3, 0.4) is 0 Å². The van der Waals surface area contributed by atoms with Gasteiger partial charge >= 0.3 is 5.97 Å². The average molecular weight is 539 g/mol. The highest BCUT2D eigenvalue weighted by atomic mass is 32.2. The largest absolute Gasteiger partial charge is 0.462 e. The quantitative estimate of drug-likeness (QED) is 0.160. The zero-order chi connectivity index (χ0) is 27.0. The van der Waals surface area contributed by atoms with Crippen molar-refractivity contribution >= 4 is 57.8 Å². The molecule has 3 rings (SSSR count). The molecule has 0 unspecified atom stereocenters. The van der Waals surface area contributed by atoms with Crippen molar-refractivity contribution in [1.29, 1.82) is 0 Å². The molecule has 0 aromatic heterocycles. The zero-order valence-corrected chi connectivity index (χ0v) is 23.5. The van der Waals surface area contributed by atoms with E-state index in [4.69, 9.17) is 17.0 Å². The molecule has 8 heteroatoms. The summed E-state index contributed by atoms with van der Waals surface area (Å²) in [5.41, 5.74) is 3.40. The molecule has 6 nitrogen and oxygen atoms in total. The Labute approximate surface area is 228 Å². The van der Waals surface area contributed by atoms with Crippen molar-refractivity contribution in [3.8, 4) is 0 Å². The molecule has 1 heterocycles. The number of carbonyl (C=O) groups is 3. The number of ether oxygens (including phenoxy) is 1. The number of nitrogens with zero attached hydrogens (tertiary/aromatic N) is 1. The zero-order valence-electron chi connectivity index (χ0n) is 21.8. The van der Waals surface area contributed by atoms with Crippen LogP contribution in [0.15, 0.2) is 53.4 Å². The van der Waals surface area contributed by atoms with Crippen LogP contribution in [0.2, 0.25) is 0 Å². The number of carbonyl (C=O) groups excluding carboxylic acids is 3. The number of hydrogen-bond donors (Lipinski definition) is 1. The minimum Gasteiger partial charge on any atom is -0.462 e. The third-order valence-electron chi connectivity index (χ3n) is 5.91. The minimum absolute atomic E-state index is 0.0566. The number of rotatable bonds is 10. The molecule has 2 amide bonds. The van der Waals surface area contributed by atoms with E-state index < -0.39 is 0 Å². The maximum Gasteiger partial charge on any atom is 0.338 e. The molecule has 1 N–H and O–H groups in total. The van der Waals surface area contributed by atoms with Crippen molar-refractivity contribution in [2.45, 2.75) is 58.8 Å². The third-order valence-corrected chi connectivity index (χ3v) is 7.29. The first-order valence-corrected chi connectivity index (χ1v) is 13.7. The summed E-state index contributed by atoms with van der Waals surface area (Å²) in [6, 6.07) is 14.9. The number of esters is 1. The Kier molecular flexibility index (Phi) is 10.1. The van der Waals surface area contributed by atoms with Gasteiger partial charge in [0.2, 0.25) is 5.91 Å². The predicted molar refractivity (Wildman–Crippen MR) is 155 cm³/mol. The van der Waals surface area contributed by atoms with Crippen molar-refractivity contribution in [3.05, 3.63) is 70.1 Å². The molecule has 0 saturated carbocycles. The summed E-state index contributed by atoms with van der Waals surface area (Å²) in [5, 5.41) is 2.84. The van der Waals surface area contributed by atoms with Gasteiger partial charge in [-0.15, -0.1) is 0 Å². The summed E-state index contributed by atoms with van der Waals surface area (Å²) in [4.78, 5) is 39.1. The monoisotopic (exact) mass is 538 g/mol. The van der Waals surface area contributed by atoms with Gasteiger partial charge in [-0.2, -0.15) is 0 Å². The van der Waals surface area contributed by atoms with Crippen molar-refractivity contribution < 1.29 is 19.1 Å². The smallest absolute Gasteiger partial charge is 0.338 e.